The molecule has 1 saturated heterocycles. The highest BCUT2D eigenvalue weighted by molar-refractivity contribution is 14.1. The van der Waals surface area contributed by atoms with E-state index in [1.807, 2.05) is 37.3 Å². The lowest BCUT2D eigenvalue weighted by atomic mass is 10.1. The Morgan fingerprint density at radius 2 is 1.74 bits per heavy atom. The first-order valence-corrected chi connectivity index (χ1v) is 12.7. The summed E-state index contributed by atoms with van der Waals surface area (Å²) in [6.07, 6.45) is 1.44. The lowest BCUT2D eigenvalue weighted by Crippen LogP contribution is -2.54. The number of anilines is 1. The highest BCUT2D eigenvalue weighted by Crippen LogP contribution is 2.30. The van der Waals surface area contributed by atoms with Crippen LogP contribution in [0.3, 0.4) is 0 Å². The summed E-state index contributed by atoms with van der Waals surface area (Å²) in [5, 5.41) is 2.25. The molecule has 0 aromatic heterocycles. The summed E-state index contributed by atoms with van der Waals surface area (Å²) in [6, 6.07) is 17.5. The molecule has 4 rings (SSSR count). The highest BCUT2D eigenvalue weighted by atomic mass is 127. The summed E-state index contributed by atoms with van der Waals surface area (Å²) in [5.41, 5.74) is 2.55. The molecule has 172 valence electrons. The third kappa shape index (κ3) is 5.42. The fraction of sp³-hybridized carbons (Fsp3) is 0.0800. The number of benzene rings is 3. The van der Waals surface area contributed by atoms with Gasteiger partial charge in [0, 0.05) is 18.1 Å². The van der Waals surface area contributed by atoms with E-state index in [9.17, 15) is 14.4 Å². The summed E-state index contributed by atoms with van der Waals surface area (Å²) in [4.78, 5) is 39.4. The van der Waals surface area contributed by atoms with Crippen molar-refractivity contribution in [2.45, 2.75) is 13.5 Å². The molecular formula is C25H17Br2IN2O4. The molecule has 1 aliphatic heterocycles. The average molecular weight is 696 g/mol. The smallest absolute Gasteiger partial charge is 0.335 e. The maximum absolute atomic E-state index is 13.3. The Bertz CT molecular complexity index is 1340. The molecule has 3 aromatic carbocycles. The first-order chi connectivity index (χ1) is 16.2. The maximum Gasteiger partial charge on any atom is 0.335 e. The lowest BCUT2D eigenvalue weighted by molar-refractivity contribution is -0.122. The summed E-state index contributed by atoms with van der Waals surface area (Å²) in [5.74, 6) is -0.972. The number of ether oxygens (including phenoxy) is 1. The Hall–Kier alpha value is -2.50. The molecule has 0 radical (unpaired) electrons. The fourth-order valence-corrected chi connectivity index (χ4v) is 4.31. The number of aryl methyl sites for hydroxylation is 1. The third-order valence-corrected chi connectivity index (χ3v) is 7.18. The van der Waals surface area contributed by atoms with Crippen molar-refractivity contribution in [1.82, 2.24) is 5.32 Å². The van der Waals surface area contributed by atoms with E-state index in [2.05, 4.69) is 59.8 Å². The second-order valence-electron chi connectivity index (χ2n) is 7.49. The van der Waals surface area contributed by atoms with Crippen LogP contribution in [-0.4, -0.2) is 17.8 Å². The average Bonchev–Trinajstić information content (AvgIpc) is 2.79. The number of hydrogen-bond acceptors (Lipinski definition) is 4. The van der Waals surface area contributed by atoms with Gasteiger partial charge < -0.3 is 4.74 Å². The highest BCUT2D eigenvalue weighted by Gasteiger charge is 2.37. The number of rotatable bonds is 5. The van der Waals surface area contributed by atoms with Crippen molar-refractivity contribution in [1.29, 1.82) is 0 Å². The lowest BCUT2D eigenvalue weighted by Gasteiger charge is -2.27. The van der Waals surface area contributed by atoms with Gasteiger partial charge in [0.2, 0.25) is 0 Å². The van der Waals surface area contributed by atoms with Crippen molar-refractivity contribution in [3.63, 3.8) is 0 Å². The zero-order chi connectivity index (χ0) is 24.4. The number of hydrogen-bond donors (Lipinski definition) is 1. The minimum absolute atomic E-state index is 0.169. The van der Waals surface area contributed by atoms with E-state index < -0.39 is 17.8 Å². The van der Waals surface area contributed by atoms with Gasteiger partial charge in [0.05, 0.1) is 5.69 Å². The van der Waals surface area contributed by atoms with E-state index in [1.54, 1.807) is 30.3 Å². The molecule has 9 heteroatoms. The zero-order valence-corrected chi connectivity index (χ0v) is 23.1. The third-order valence-electron chi connectivity index (χ3n) is 5.08. The molecule has 1 heterocycles. The molecule has 1 N–H and O–H groups in total. The predicted molar refractivity (Wildman–Crippen MR) is 146 cm³/mol. The quantitative estimate of drug-likeness (QED) is 0.191. The predicted octanol–water partition coefficient (Wildman–Crippen LogP) is 6.37. The van der Waals surface area contributed by atoms with Gasteiger partial charge in [-0.25, -0.2) is 9.69 Å². The Kier molecular flexibility index (Phi) is 7.54. The Morgan fingerprint density at radius 3 is 2.44 bits per heavy atom. The molecule has 34 heavy (non-hydrogen) atoms. The van der Waals surface area contributed by atoms with Crippen molar-refractivity contribution in [2.24, 2.45) is 0 Å². The standard InChI is InChI=1S/C25H17Br2IN2O4/c1-14-10-19(7-8-21(14)27)30-24(32)20(23(31)29-25(30)33)12-16-11-17(26)4-9-22(16)34-13-15-2-5-18(28)6-3-15/h2-12H,13H2,1H3,(H,29,31,33)/b20-12+. The van der Waals surface area contributed by atoms with Crippen LogP contribution >= 0.6 is 54.5 Å². The first-order valence-electron chi connectivity index (χ1n) is 10.1. The van der Waals surface area contributed by atoms with E-state index in [0.29, 0.717) is 23.6 Å². The molecule has 0 saturated carbocycles. The first kappa shape index (κ1) is 24.6. The van der Waals surface area contributed by atoms with Crippen molar-refractivity contribution < 1.29 is 19.1 Å². The number of barbiturate groups is 1. The number of urea groups is 1. The van der Waals surface area contributed by atoms with Crippen LogP contribution in [-0.2, 0) is 16.2 Å². The number of imide groups is 2. The molecule has 1 fully saturated rings. The van der Waals surface area contributed by atoms with Gasteiger partial charge >= 0.3 is 6.03 Å². The summed E-state index contributed by atoms with van der Waals surface area (Å²) < 4.78 is 8.71. The molecule has 0 unspecified atom stereocenters. The zero-order valence-electron chi connectivity index (χ0n) is 17.8. The number of nitrogens with zero attached hydrogens (tertiary/aromatic N) is 1. The molecule has 0 atom stereocenters. The Labute approximate surface area is 226 Å². The molecule has 4 amide bonds. The molecule has 6 nitrogen and oxygen atoms in total. The summed E-state index contributed by atoms with van der Waals surface area (Å²) in [7, 11) is 0. The van der Waals surface area contributed by atoms with E-state index >= 15 is 0 Å². The molecular weight excluding hydrogens is 679 g/mol. The van der Waals surface area contributed by atoms with Crippen LogP contribution in [0.25, 0.3) is 6.08 Å². The number of halogens is 3. The molecule has 0 bridgehead atoms. The van der Waals surface area contributed by atoms with Gasteiger partial charge in [-0.05, 0) is 95.2 Å². The number of amides is 4. The van der Waals surface area contributed by atoms with Gasteiger partial charge in [-0.15, -0.1) is 0 Å². The van der Waals surface area contributed by atoms with Crippen LogP contribution in [0, 0.1) is 10.5 Å². The van der Waals surface area contributed by atoms with Crippen molar-refractivity contribution in [2.75, 3.05) is 4.90 Å². The van der Waals surface area contributed by atoms with Gasteiger partial charge in [-0.2, -0.15) is 0 Å². The monoisotopic (exact) mass is 694 g/mol. The van der Waals surface area contributed by atoms with Crippen molar-refractivity contribution >= 4 is 84.1 Å². The maximum atomic E-state index is 13.3. The van der Waals surface area contributed by atoms with Crippen LogP contribution in [0.1, 0.15) is 16.7 Å². The van der Waals surface area contributed by atoms with Crippen LogP contribution < -0.4 is 15.0 Å². The van der Waals surface area contributed by atoms with Crippen LogP contribution in [0.15, 0.2) is 75.2 Å². The number of carbonyl (C=O) groups is 3. The fourth-order valence-electron chi connectivity index (χ4n) is 3.32. The second-order valence-corrected chi connectivity index (χ2v) is 10.5. The van der Waals surface area contributed by atoms with E-state index in [-0.39, 0.29) is 5.57 Å². The molecule has 1 aliphatic rings. The normalized spacial score (nSPS) is 15.0. The van der Waals surface area contributed by atoms with Crippen LogP contribution in [0.2, 0.25) is 0 Å². The SMILES string of the molecule is Cc1cc(N2C(=O)NC(=O)/C(=C\c3cc(Br)ccc3OCc3ccc(I)cc3)C2=O)ccc1Br. The Morgan fingerprint density at radius 1 is 1.00 bits per heavy atom. The van der Waals surface area contributed by atoms with Crippen molar-refractivity contribution in [3.05, 3.63) is 95.4 Å². The number of carbonyl (C=O) groups excluding carboxylic acids is 3. The molecule has 3 aromatic rings. The number of nitrogens with one attached hydrogen (secondary N) is 1. The molecule has 0 aliphatic carbocycles. The summed E-state index contributed by atoms with van der Waals surface area (Å²) >= 11 is 9.08. The largest absolute Gasteiger partial charge is 0.488 e. The minimum atomic E-state index is -0.793. The van der Waals surface area contributed by atoms with Gasteiger partial charge in [0.25, 0.3) is 11.8 Å². The van der Waals surface area contributed by atoms with Gasteiger partial charge in [0.1, 0.15) is 17.9 Å². The second kappa shape index (κ2) is 10.4. The minimum Gasteiger partial charge on any atom is -0.488 e. The summed E-state index contributed by atoms with van der Waals surface area (Å²) in [6.45, 7) is 2.16. The van der Waals surface area contributed by atoms with Gasteiger partial charge in [-0.3, -0.25) is 14.9 Å². The van der Waals surface area contributed by atoms with Crippen LogP contribution in [0.5, 0.6) is 5.75 Å². The van der Waals surface area contributed by atoms with Gasteiger partial charge in [-0.1, -0.05) is 44.0 Å². The molecule has 0 spiro atoms. The van der Waals surface area contributed by atoms with Gasteiger partial charge in [0.15, 0.2) is 0 Å². The van der Waals surface area contributed by atoms with Crippen molar-refractivity contribution in [3.8, 4) is 5.75 Å². The van der Waals surface area contributed by atoms with E-state index in [1.165, 1.54) is 6.08 Å². The van der Waals surface area contributed by atoms with E-state index in [4.69, 9.17) is 4.74 Å². The Balaban J connectivity index is 1.67. The van der Waals surface area contributed by atoms with Crippen LogP contribution in [0.4, 0.5) is 10.5 Å². The van der Waals surface area contributed by atoms with E-state index in [0.717, 1.165) is 28.5 Å². The topological polar surface area (TPSA) is 75.7 Å².